The summed E-state index contributed by atoms with van der Waals surface area (Å²) in [6.07, 6.45) is 8.40. The number of rotatable bonds is 5. The van der Waals surface area contributed by atoms with Gasteiger partial charge in [0.1, 0.15) is 11.0 Å². The van der Waals surface area contributed by atoms with Gasteiger partial charge in [0.05, 0.1) is 19.0 Å². The van der Waals surface area contributed by atoms with E-state index in [4.69, 9.17) is 16.3 Å². The molecule has 1 aromatic rings. The van der Waals surface area contributed by atoms with Crippen LogP contribution in [0.15, 0.2) is 12.4 Å². The van der Waals surface area contributed by atoms with Gasteiger partial charge >= 0.3 is 0 Å². The van der Waals surface area contributed by atoms with Gasteiger partial charge in [-0.3, -0.25) is 4.90 Å². The molecule has 0 amide bonds. The lowest BCUT2D eigenvalue weighted by atomic mass is 9.96. The average molecular weight is 311 g/mol. The maximum Gasteiger partial charge on any atom is 0.147 e. The first-order valence-electron chi connectivity index (χ1n) is 7.64. The summed E-state index contributed by atoms with van der Waals surface area (Å²) in [6, 6.07) is 1.91. The molecule has 0 radical (unpaired) electrons. The van der Waals surface area contributed by atoms with E-state index in [2.05, 4.69) is 26.8 Å². The Kier molecular flexibility index (Phi) is 4.62. The molecule has 2 saturated heterocycles. The lowest BCUT2D eigenvalue weighted by Gasteiger charge is -2.42. The standard InChI is InChI=1S/C15H23ClN4O/c1-19(15-10-17-14(16)9-18-15)13-7-11-3-4-12(8-13)20(11)5-6-21-2/h9-13H,3-8H2,1-2H3. The number of piperidine rings is 1. The molecule has 0 spiro atoms. The largest absolute Gasteiger partial charge is 0.383 e. The average Bonchev–Trinajstić information content (AvgIpc) is 2.73. The Bertz CT molecular complexity index is 455. The summed E-state index contributed by atoms with van der Waals surface area (Å²) in [5.74, 6) is 0.911. The molecular formula is C15H23ClN4O. The van der Waals surface area contributed by atoms with E-state index >= 15 is 0 Å². The van der Waals surface area contributed by atoms with Crippen molar-refractivity contribution in [3.8, 4) is 0 Å². The highest BCUT2D eigenvalue weighted by Gasteiger charge is 2.41. The predicted molar refractivity (Wildman–Crippen MR) is 83.9 cm³/mol. The molecule has 21 heavy (non-hydrogen) atoms. The van der Waals surface area contributed by atoms with Gasteiger partial charge in [-0.15, -0.1) is 0 Å². The lowest BCUT2D eigenvalue weighted by molar-refractivity contribution is 0.0830. The van der Waals surface area contributed by atoms with Crippen LogP contribution in [-0.2, 0) is 4.74 Å². The number of nitrogens with zero attached hydrogens (tertiary/aromatic N) is 4. The van der Waals surface area contributed by atoms with E-state index in [9.17, 15) is 0 Å². The van der Waals surface area contributed by atoms with Crippen LogP contribution in [0.3, 0.4) is 0 Å². The van der Waals surface area contributed by atoms with Gasteiger partial charge in [0.2, 0.25) is 0 Å². The first-order chi connectivity index (χ1) is 10.2. The Morgan fingerprint density at radius 3 is 2.57 bits per heavy atom. The summed E-state index contributed by atoms with van der Waals surface area (Å²) >= 11 is 5.82. The zero-order chi connectivity index (χ0) is 14.8. The highest BCUT2D eigenvalue weighted by Crippen LogP contribution is 2.37. The first kappa shape index (κ1) is 15.0. The minimum Gasteiger partial charge on any atom is -0.383 e. The highest BCUT2D eigenvalue weighted by molar-refractivity contribution is 6.29. The van der Waals surface area contributed by atoms with Crippen LogP contribution in [0.2, 0.25) is 5.15 Å². The van der Waals surface area contributed by atoms with Crippen molar-refractivity contribution in [1.29, 1.82) is 0 Å². The molecule has 0 aromatic carbocycles. The van der Waals surface area contributed by atoms with E-state index in [1.807, 2.05) is 0 Å². The van der Waals surface area contributed by atoms with E-state index in [0.717, 1.165) is 19.0 Å². The Morgan fingerprint density at radius 1 is 1.29 bits per heavy atom. The van der Waals surface area contributed by atoms with Crippen LogP contribution in [0.5, 0.6) is 0 Å². The minimum atomic E-state index is 0.446. The fourth-order valence-corrected chi connectivity index (χ4v) is 3.90. The zero-order valence-electron chi connectivity index (χ0n) is 12.7. The van der Waals surface area contributed by atoms with Gasteiger partial charge in [-0.2, -0.15) is 0 Å². The second kappa shape index (κ2) is 6.46. The van der Waals surface area contributed by atoms with Crippen LogP contribution in [0.1, 0.15) is 25.7 Å². The van der Waals surface area contributed by atoms with Crippen LogP contribution in [0.25, 0.3) is 0 Å². The summed E-state index contributed by atoms with van der Waals surface area (Å²) in [6.45, 7) is 1.89. The van der Waals surface area contributed by atoms with Crippen LogP contribution in [0.4, 0.5) is 5.82 Å². The molecule has 0 aliphatic carbocycles. The third kappa shape index (κ3) is 3.15. The minimum absolute atomic E-state index is 0.446. The lowest BCUT2D eigenvalue weighted by Crippen LogP contribution is -2.50. The second-order valence-electron chi connectivity index (χ2n) is 6.05. The van der Waals surface area contributed by atoms with Gasteiger partial charge in [0, 0.05) is 38.8 Å². The monoisotopic (exact) mass is 310 g/mol. The summed E-state index contributed by atoms with van der Waals surface area (Å²) < 4.78 is 5.24. The Balaban J connectivity index is 1.65. The molecular weight excluding hydrogens is 288 g/mol. The molecule has 5 nitrogen and oxygen atoms in total. The third-order valence-electron chi connectivity index (χ3n) is 4.93. The molecule has 3 rings (SSSR count). The Hall–Kier alpha value is -0.910. The smallest absolute Gasteiger partial charge is 0.147 e. The molecule has 2 bridgehead atoms. The molecule has 2 atom stereocenters. The van der Waals surface area contributed by atoms with Crippen LogP contribution in [-0.4, -0.2) is 60.3 Å². The number of aromatic nitrogens is 2. The quantitative estimate of drug-likeness (QED) is 0.834. The van der Waals surface area contributed by atoms with Crippen molar-refractivity contribution in [3.63, 3.8) is 0 Å². The van der Waals surface area contributed by atoms with Gasteiger partial charge < -0.3 is 9.64 Å². The molecule has 2 aliphatic heterocycles. The van der Waals surface area contributed by atoms with E-state index < -0.39 is 0 Å². The van der Waals surface area contributed by atoms with Crippen molar-refractivity contribution in [2.45, 2.75) is 43.8 Å². The topological polar surface area (TPSA) is 41.5 Å². The molecule has 0 N–H and O–H groups in total. The van der Waals surface area contributed by atoms with Crippen molar-refractivity contribution < 1.29 is 4.74 Å². The number of anilines is 1. The molecule has 1 aromatic heterocycles. The number of hydrogen-bond donors (Lipinski definition) is 0. The normalized spacial score (nSPS) is 28.8. The zero-order valence-corrected chi connectivity index (χ0v) is 13.5. The van der Waals surface area contributed by atoms with Gasteiger partial charge in [-0.25, -0.2) is 9.97 Å². The highest BCUT2D eigenvalue weighted by atomic mass is 35.5. The van der Waals surface area contributed by atoms with E-state index in [0.29, 0.717) is 23.3 Å². The van der Waals surface area contributed by atoms with Crippen LogP contribution >= 0.6 is 11.6 Å². The van der Waals surface area contributed by atoms with Gasteiger partial charge in [-0.1, -0.05) is 11.6 Å². The van der Waals surface area contributed by atoms with Gasteiger partial charge in [-0.05, 0) is 25.7 Å². The van der Waals surface area contributed by atoms with Crippen molar-refractivity contribution in [1.82, 2.24) is 14.9 Å². The fourth-order valence-electron chi connectivity index (χ4n) is 3.80. The SMILES string of the molecule is COCCN1C2CCC1CC(N(C)c1cnc(Cl)cn1)C2. The Labute approximate surface area is 131 Å². The van der Waals surface area contributed by atoms with E-state index in [1.54, 1.807) is 19.5 Å². The summed E-state index contributed by atoms with van der Waals surface area (Å²) in [4.78, 5) is 13.4. The molecule has 6 heteroatoms. The van der Waals surface area contributed by atoms with E-state index in [1.165, 1.54) is 25.7 Å². The maximum atomic E-state index is 5.82. The molecule has 116 valence electrons. The van der Waals surface area contributed by atoms with Crippen LogP contribution in [0, 0.1) is 0 Å². The van der Waals surface area contributed by atoms with Crippen molar-refractivity contribution in [3.05, 3.63) is 17.5 Å². The molecule has 3 heterocycles. The van der Waals surface area contributed by atoms with E-state index in [-0.39, 0.29) is 0 Å². The molecule has 2 aliphatic rings. The van der Waals surface area contributed by atoms with Crippen molar-refractivity contribution in [2.75, 3.05) is 32.2 Å². The fraction of sp³-hybridized carbons (Fsp3) is 0.733. The Morgan fingerprint density at radius 2 is 2.00 bits per heavy atom. The third-order valence-corrected chi connectivity index (χ3v) is 5.12. The number of ether oxygens (including phenoxy) is 1. The maximum absolute atomic E-state index is 5.82. The molecule has 2 unspecified atom stereocenters. The first-order valence-corrected chi connectivity index (χ1v) is 8.02. The van der Waals surface area contributed by atoms with Crippen LogP contribution < -0.4 is 4.90 Å². The second-order valence-corrected chi connectivity index (χ2v) is 6.44. The summed E-state index contributed by atoms with van der Waals surface area (Å²) in [7, 11) is 3.90. The van der Waals surface area contributed by atoms with Crippen molar-refractivity contribution in [2.24, 2.45) is 0 Å². The molecule has 2 fully saturated rings. The summed E-state index contributed by atoms with van der Waals surface area (Å²) in [5.41, 5.74) is 0. The number of methoxy groups -OCH3 is 1. The van der Waals surface area contributed by atoms with Gasteiger partial charge in [0.25, 0.3) is 0 Å². The van der Waals surface area contributed by atoms with Gasteiger partial charge in [0.15, 0.2) is 0 Å². The predicted octanol–water partition coefficient (Wildman–Crippen LogP) is 2.21. The molecule has 0 saturated carbocycles. The number of fused-ring (bicyclic) bond motifs is 2. The number of hydrogen-bond acceptors (Lipinski definition) is 5. The summed E-state index contributed by atoms with van der Waals surface area (Å²) in [5, 5.41) is 0.446. The number of halogens is 1. The van der Waals surface area contributed by atoms with Crippen molar-refractivity contribution >= 4 is 17.4 Å².